The first-order chi connectivity index (χ1) is 11.9. The van der Waals surface area contributed by atoms with Crippen LogP contribution in [0.2, 0.25) is 5.02 Å². The Hall–Kier alpha value is -2.09. The highest BCUT2D eigenvalue weighted by atomic mass is 79.9. The molecule has 2 amide bonds. The quantitative estimate of drug-likeness (QED) is 0.436. The Morgan fingerprint density at radius 1 is 1.16 bits per heavy atom. The molecule has 25 heavy (non-hydrogen) atoms. The Morgan fingerprint density at radius 3 is 2.48 bits per heavy atom. The first kappa shape index (κ1) is 17.7. The smallest absolute Gasteiger partial charge is 0.270 e. The van der Waals surface area contributed by atoms with Gasteiger partial charge in [-0.1, -0.05) is 17.7 Å². The molecule has 126 valence electrons. The minimum atomic E-state index is -0.610. The van der Waals surface area contributed by atoms with Crippen LogP contribution in [-0.2, 0) is 9.59 Å². The Bertz CT molecular complexity index is 931. The van der Waals surface area contributed by atoms with E-state index >= 15 is 0 Å². The van der Waals surface area contributed by atoms with Gasteiger partial charge < -0.3 is 0 Å². The lowest BCUT2D eigenvalue weighted by Crippen LogP contribution is -2.54. The second-order valence-electron chi connectivity index (χ2n) is 5.11. The van der Waals surface area contributed by atoms with Crippen LogP contribution in [0.15, 0.2) is 52.5 Å². The Kier molecular flexibility index (Phi) is 4.99. The molecule has 1 saturated heterocycles. The standard InChI is InChI=1S/C17H9BrClFN2O2S/c18-13-8-9(1-6-14(13)20)7-12-15(23)21-17(25)22(16(12)24)11-4-2-10(19)3-5-11/h1-8H,(H,21,23,25). The van der Waals surface area contributed by atoms with E-state index in [1.165, 1.54) is 29.2 Å². The summed E-state index contributed by atoms with van der Waals surface area (Å²) in [6, 6.07) is 10.7. The molecule has 4 nitrogen and oxygen atoms in total. The van der Waals surface area contributed by atoms with Crippen molar-refractivity contribution in [2.24, 2.45) is 0 Å². The van der Waals surface area contributed by atoms with E-state index in [-0.39, 0.29) is 15.2 Å². The van der Waals surface area contributed by atoms with Gasteiger partial charge in [0.15, 0.2) is 5.11 Å². The summed E-state index contributed by atoms with van der Waals surface area (Å²) in [4.78, 5) is 26.2. The number of benzene rings is 2. The molecule has 0 aliphatic carbocycles. The van der Waals surface area contributed by atoms with Crippen LogP contribution < -0.4 is 10.2 Å². The van der Waals surface area contributed by atoms with Gasteiger partial charge in [0.2, 0.25) is 0 Å². The van der Waals surface area contributed by atoms with Crippen molar-refractivity contribution in [3.63, 3.8) is 0 Å². The van der Waals surface area contributed by atoms with Gasteiger partial charge >= 0.3 is 0 Å². The van der Waals surface area contributed by atoms with E-state index in [1.54, 1.807) is 24.3 Å². The van der Waals surface area contributed by atoms with Gasteiger partial charge in [-0.3, -0.25) is 19.8 Å². The molecule has 0 spiro atoms. The van der Waals surface area contributed by atoms with E-state index in [1.807, 2.05) is 0 Å². The average Bonchev–Trinajstić information content (AvgIpc) is 2.56. The van der Waals surface area contributed by atoms with Crippen LogP contribution in [0.5, 0.6) is 0 Å². The number of rotatable bonds is 2. The van der Waals surface area contributed by atoms with Crippen molar-refractivity contribution in [2.45, 2.75) is 0 Å². The molecule has 1 fully saturated rings. The molecule has 1 N–H and O–H groups in total. The summed E-state index contributed by atoms with van der Waals surface area (Å²) in [5.41, 5.74) is 0.864. The second-order valence-corrected chi connectivity index (χ2v) is 6.79. The van der Waals surface area contributed by atoms with E-state index in [0.29, 0.717) is 16.3 Å². The molecule has 3 rings (SSSR count). The summed E-state index contributed by atoms with van der Waals surface area (Å²) in [5.74, 6) is -1.62. The normalized spacial score (nSPS) is 16.4. The number of halogens is 3. The predicted molar refractivity (Wildman–Crippen MR) is 102 cm³/mol. The van der Waals surface area contributed by atoms with Crippen LogP contribution in [0.25, 0.3) is 6.08 Å². The molecular weight excluding hydrogens is 431 g/mol. The molecule has 8 heteroatoms. The largest absolute Gasteiger partial charge is 0.298 e. The minimum Gasteiger partial charge on any atom is -0.298 e. The van der Waals surface area contributed by atoms with Crippen molar-refractivity contribution in [2.75, 3.05) is 4.90 Å². The molecule has 0 bridgehead atoms. The molecule has 0 unspecified atom stereocenters. The lowest BCUT2D eigenvalue weighted by Gasteiger charge is -2.28. The van der Waals surface area contributed by atoms with Gasteiger partial charge in [0.25, 0.3) is 11.8 Å². The van der Waals surface area contributed by atoms with Crippen molar-refractivity contribution in [1.82, 2.24) is 5.32 Å². The van der Waals surface area contributed by atoms with Crippen molar-refractivity contribution >= 4 is 68.4 Å². The molecule has 2 aromatic carbocycles. The number of amides is 2. The van der Waals surface area contributed by atoms with Gasteiger partial charge in [-0.15, -0.1) is 0 Å². The molecule has 2 aromatic rings. The molecular formula is C17H9BrClFN2O2S. The van der Waals surface area contributed by atoms with Gasteiger partial charge in [-0.05, 0) is 76.2 Å². The third-order valence-electron chi connectivity index (χ3n) is 3.44. The maximum absolute atomic E-state index is 13.3. The number of carbonyl (C=O) groups is 2. The number of anilines is 1. The third kappa shape index (κ3) is 3.63. The fourth-order valence-corrected chi connectivity index (χ4v) is 3.05. The number of hydrogen-bond acceptors (Lipinski definition) is 3. The van der Waals surface area contributed by atoms with Crippen LogP contribution in [0.4, 0.5) is 10.1 Å². The van der Waals surface area contributed by atoms with Gasteiger partial charge in [0, 0.05) is 5.02 Å². The van der Waals surface area contributed by atoms with Crippen molar-refractivity contribution in [1.29, 1.82) is 0 Å². The highest BCUT2D eigenvalue weighted by Crippen LogP contribution is 2.24. The Morgan fingerprint density at radius 2 is 1.84 bits per heavy atom. The van der Waals surface area contributed by atoms with Crippen LogP contribution in [0, 0.1) is 5.82 Å². The Labute approximate surface area is 161 Å². The summed E-state index contributed by atoms with van der Waals surface area (Å²) >= 11 is 14.0. The number of carbonyl (C=O) groups excluding carboxylic acids is 2. The molecule has 0 aromatic heterocycles. The Balaban J connectivity index is 2.01. The molecule has 0 saturated carbocycles. The molecule has 0 radical (unpaired) electrons. The van der Waals surface area contributed by atoms with Gasteiger partial charge in [-0.2, -0.15) is 0 Å². The van der Waals surface area contributed by atoms with Crippen molar-refractivity contribution < 1.29 is 14.0 Å². The van der Waals surface area contributed by atoms with Crippen LogP contribution in [0.1, 0.15) is 5.56 Å². The number of thiocarbonyl (C=S) groups is 1. The minimum absolute atomic E-state index is 0.0187. The van der Waals surface area contributed by atoms with Gasteiger partial charge in [-0.25, -0.2) is 4.39 Å². The second kappa shape index (κ2) is 7.03. The zero-order valence-electron chi connectivity index (χ0n) is 12.4. The maximum Gasteiger partial charge on any atom is 0.270 e. The van der Waals surface area contributed by atoms with E-state index < -0.39 is 17.6 Å². The lowest BCUT2D eigenvalue weighted by atomic mass is 10.1. The van der Waals surface area contributed by atoms with Crippen LogP contribution >= 0.6 is 39.7 Å². The number of hydrogen-bond donors (Lipinski definition) is 1. The van der Waals surface area contributed by atoms with E-state index in [2.05, 4.69) is 21.2 Å². The van der Waals surface area contributed by atoms with E-state index in [4.69, 9.17) is 23.8 Å². The zero-order valence-corrected chi connectivity index (χ0v) is 15.6. The first-order valence-electron chi connectivity index (χ1n) is 6.99. The summed E-state index contributed by atoms with van der Waals surface area (Å²) in [5, 5.41) is 2.97. The fraction of sp³-hybridized carbons (Fsp3) is 0. The highest BCUT2D eigenvalue weighted by molar-refractivity contribution is 9.10. The highest BCUT2D eigenvalue weighted by Gasteiger charge is 2.34. The van der Waals surface area contributed by atoms with E-state index in [9.17, 15) is 14.0 Å². The summed E-state index contributed by atoms with van der Waals surface area (Å²) in [6.45, 7) is 0. The summed E-state index contributed by atoms with van der Waals surface area (Å²) in [7, 11) is 0. The predicted octanol–water partition coefficient (Wildman–Crippen LogP) is 4.07. The number of nitrogens with one attached hydrogen (secondary N) is 1. The lowest BCUT2D eigenvalue weighted by molar-refractivity contribution is -0.122. The summed E-state index contributed by atoms with van der Waals surface area (Å²) < 4.78 is 13.6. The molecule has 1 aliphatic heterocycles. The fourth-order valence-electron chi connectivity index (χ4n) is 2.25. The topological polar surface area (TPSA) is 49.4 Å². The summed E-state index contributed by atoms with van der Waals surface area (Å²) in [6.07, 6.45) is 1.38. The van der Waals surface area contributed by atoms with E-state index in [0.717, 1.165) is 0 Å². The van der Waals surface area contributed by atoms with Gasteiger partial charge in [0.05, 0.1) is 10.2 Å². The van der Waals surface area contributed by atoms with Crippen LogP contribution in [-0.4, -0.2) is 16.9 Å². The van der Waals surface area contributed by atoms with Crippen molar-refractivity contribution in [3.05, 3.63) is 68.9 Å². The van der Waals surface area contributed by atoms with Crippen molar-refractivity contribution in [3.8, 4) is 0 Å². The molecule has 1 heterocycles. The van der Waals surface area contributed by atoms with Gasteiger partial charge in [0.1, 0.15) is 11.4 Å². The molecule has 0 atom stereocenters. The SMILES string of the molecule is O=C1NC(=S)N(c2ccc(Cl)cc2)C(=O)C1=Cc1ccc(F)c(Br)c1. The monoisotopic (exact) mass is 438 g/mol. The molecule has 1 aliphatic rings. The third-order valence-corrected chi connectivity index (χ3v) is 4.59. The first-order valence-corrected chi connectivity index (χ1v) is 8.57. The zero-order chi connectivity index (χ0) is 18.1. The number of nitrogens with zero attached hydrogens (tertiary/aromatic N) is 1. The average molecular weight is 440 g/mol. The maximum atomic E-state index is 13.3. The van der Waals surface area contributed by atoms with Crippen LogP contribution in [0.3, 0.4) is 0 Å².